The number of thiophene rings is 1. The first-order valence-electron chi connectivity index (χ1n) is 8.80. The number of aliphatic hydroxyl groups is 1. The van der Waals surface area contributed by atoms with Crippen LogP contribution < -0.4 is 4.90 Å². The molecule has 1 saturated heterocycles. The predicted octanol–water partition coefficient (Wildman–Crippen LogP) is 3.41. The molecule has 1 aliphatic heterocycles. The van der Waals surface area contributed by atoms with Gasteiger partial charge in [0.25, 0.3) is 10.0 Å². The van der Waals surface area contributed by atoms with Gasteiger partial charge in [0.15, 0.2) is 0 Å². The Balaban J connectivity index is 1.90. The minimum absolute atomic E-state index is 0.358. The third-order valence-electron chi connectivity index (χ3n) is 4.85. The fourth-order valence-electron chi connectivity index (χ4n) is 3.28. The van der Waals surface area contributed by atoms with Gasteiger partial charge >= 0.3 is 0 Å². The van der Waals surface area contributed by atoms with Gasteiger partial charge in [-0.05, 0) is 44.4 Å². The molecule has 1 fully saturated rings. The Bertz CT molecular complexity index is 872. The molecule has 0 amide bonds. The summed E-state index contributed by atoms with van der Waals surface area (Å²) in [5.41, 5.74) is 1.31. The van der Waals surface area contributed by atoms with Crippen LogP contribution in [0.5, 0.6) is 0 Å². The van der Waals surface area contributed by atoms with Crippen LogP contribution in [-0.4, -0.2) is 50.6 Å². The van der Waals surface area contributed by atoms with Gasteiger partial charge in [-0.1, -0.05) is 18.2 Å². The molecule has 0 bridgehead atoms. The molecule has 1 aromatic carbocycles. The largest absolute Gasteiger partial charge is 0.390 e. The Morgan fingerprint density at radius 1 is 1.12 bits per heavy atom. The summed E-state index contributed by atoms with van der Waals surface area (Å²) >= 11 is 1.31. The molecule has 1 atom stereocenters. The van der Waals surface area contributed by atoms with Crippen LogP contribution in [0.2, 0.25) is 0 Å². The maximum absolute atomic E-state index is 13.1. The Morgan fingerprint density at radius 2 is 1.85 bits per heavy atom. The molecular weight excluding hydrogens is 368 g/mol. The highest BCUT2D eigenvalue weighted by Gasteiger charge is 2.32. The van der Waals surface area contributed by atoms with Crippen LogP contribution in [0, 0.1) is 0 Å². The van der Waals surface area contributed by atoms with Crippen molar-refractivity contribution in [1.82, 2.24) is 4.31 Å². The fourth-order valence-corrected chi connectivity index (χ4v) is 6.26. The summed E-state index contributed by atoms with van der Waals surface area (Å²) in [5, 5.41) is 10.2. The molecule has 0 aliphatic carbocycles. The van der Waals surface area contributed by atoms with Gasteiger partial charge in [-0.15, -0.1) is 11.3 Å². The average molecular weight is 395 g/mol. The highest BCUT2D eigenvalue weighted by molar-refractivity contribution is 7.91. The highest BCUT2D eigenvalue weighted by Crippen LogP contribution is 2.37. The third-order valence-corrected chi connectivity index (χ3v) is 8.33. The van der Waals surface area contributed by atoms with Crippen molar-refractivity contribution in [3.8, 4) is 10.4 Å². The topological polar surface area (TPSA) is 60.9 Å². The van der Waals surface area contributed by atoms with E-state index in [9.17, 15) is 13.5 Å². The number of nitrogens with zero attached hydrogens (tertiary/aromatic N) is 2. The smallest absolute Gasteiger partial charge is 0.252 e. The SMILES string of the molecule is CN(C)c1ccccc1-c1ccc(S(=O)(=O)N2CCCC(C)(O)CC2)s1. The molecular formula is C19H26N2O3S2. The van der Waals surface area contributed by atoms with Gasteiger partial charge in [0.2, 0.25) is 0 Å². The van der Waals surface area contributed by atoms with Crippen molar-refractivity contribution in [3.05, 3.63) is 36.4 Å². The molecule has 2 heterocycles. The van der Waals surface area contributed by atoms with Crippen molar-refractivity contribution in [2.24, 2.45) is 0 Å². The summed E-state index contributed by atoms with van der Waals surface area (Å²) in [6.07, 6.45) is 1.77. The summed E-state index contributed by atoms with van der Waals surface area (Å²) < 4.78 is 28.0. The van der Waals surface area contributed by atoms with E-state index in [4.69, 9.17) is 0 Å². The van der Waals surface area contributed by atoms with Crippen LogP contribution in [0.1, 0.15) is 26.2 Å². The number of benzene rings is 1. The Kier molecular flexibility index (Phi) is 5.44. The second-order valence-electron chi connectivity index (χ2n) is 7.28. The molecule has 1 N–H and O–H groups in total. The van der Waals surface area contributed by atoms with E-state index in [2.05, 4.69) is 0 Å². The standard InChI is InChI=1S/C19H26N2O3S2/c1-19(22)11-6-13-21(14-12-19)26(23,24)18-10-9-17(25-18)15-7-4-5-8-16(15)20(2)3/h4-5,7-10,22H,6,11-14H2,1-3H3. The summed E-state index contributed by atoms with van der Waals surface area (Å²) in [4.78, 5) is 2.97. The van der Waals surface area contributed by atoms with E-state index in [0.717, 1.165) is 16.1 Å². The monoisotopic (exact) mass is 394 g/mol. The van der Waals surface area contributed by atoms with Crippen LogP contribution in [0.3, 0.4) is 0 Å². The Labute approximate surface area is 159 Å². The Hall–Kier alpha value is -1.41. The lowest BCUT2D eigenvalue weighted by molar-refractivity contribution is 0.0465. The molecule has 1 unspecified atom stereocenters. The van der Waals surface area contributed by atoms with Crippen LogP contribution in [-0.2, 0) is 10.0 Å². The van der Waals surface area contributed by atoms with E-state index >= 15 is 0 Å². The average Bonchev–Trinajstić information content (AvgIpc) is 3.01. The van der Waals surface area contributed by atoms with Crippen molar-refractivity contribution in [1.29, 1.82) is 0 Å². The molecule has 5 nitrogen and oxygen atoms in total. The maximum atomic E-state index is 13.1. The van der Waals surface area contributed by atoms with Gasteiger partial charge in [0.1, 0.15) is 4.21 Å². The minimum Gasteiger partial charge on any atom is -0.390 e. The van der Waals surface area contributed by atoms with Gasteiger partial charge < -0.3 is 10.0 Å². The van der Waals surface area contributed by atoms with Crippen molar-refractivity contribution in [2.45, 2.75) is 36.0 Å². The normalized spacial score (nSPS) is 22.2. The van der Waals surface area contributed by atoms with Crippen LogP contribution >= 0.6 is 11.3 Å². The molecule has 0 saturated carbocycles. The van der Waals surface area contributed by atoms with E-state index in [-0.39, 0.29) is 0 Å². The number of anilines is 1. The van der Waals surface area contributed by atoms with Crippen molar-refractivity contribution in [3.63, 3.8) is 0 Å². The molecule has 2 aromatic rings. The van der Waals surface area contributed by atoms with Gasteiger partial charge in [-0.3, -0.25) is 0 Å². The van der Waals surface area contributed by atoms with Crippen molar-refractivity contribution < 1.29 is 13.5 Å². The van der Waals surface area contributed by atoms with Crippen molar-refractivity contribution in [2.75, 3.05) is 32.1 Å². The lowest BCUT2D eigenvalue weighted by atomic mass is 9.98. The zero-order valence-electron chi connectivity index (χ0n) is 15.5. The molecule has 3 rings (SSSR count). The molecule has 1 aliphatic rings. The summed E-state index contributed by atoms with van der Waals surface area (Å²) in [6, 6.07) is 11.6. The van der Waals surface area contributed by atoms with E-state index in [1.54, 1.807) is 13.0 Å². The van der Waals surface area contributed by atoms with E-state index in [0.29, 0.717) is 36.6 Å². The first-order valence-corrected chi connectivity index (χ1v) is 11.1. The number of rotatable bonds is 4. The zero-order valence-corrected chi connectivity index (χ0v) is 17.1. The van der Waals surface area contributed by atoms with Crippen LogP contribution in [0.15, 0.2) is 40.6 Å². The van der Waals surface area contributed by atoms with Gasteiger partial charge in [-0.25, -0.2) is 8.42 Å². The summed E-state index contributed by atoms with van der Waals surface area (Å²) in [7, 11) is 0.430. The first kappa shape index (κ1) is 19.4. The summed E-state index contributed by atoms with van der Waals surface area (Å²) in [5.74, 6) is 0. The second kappa shape index (κ2) is 7.31. The number of hydrogen-bond acceptors (Lipinski definition) is 5. The van der Waals surface area contributed by atoms with E-state index < -0.39 is 15.6 Å². The van der Waals surface area contributed by atoms with Crippen molar-refractivity contribution >= 4 is 27.0 Å². The zero-order chi connectivity index (χ0) is 18.9. The third kappa shape index (κ3) is 3.96. The number of sulfonamides is 1. The summed E-state index contributed by atoms with van der Waals surface area (Å²) in [6.45, 7) is 2.60. The lowest BCUT2D eigenvalue weighted by Crippen LogP contribution is -2.33. The van der Waals surface area contributed by atoms with E-state index in [1.165, 1.54) is 15.6 Å². The van der Waals surface area contributed by atoms with Gasteiger partial charge in [-0.2, -0.15) is 4.31 Å². The molecule has 26 heavy (non-hydrogen) atoms. The predicted molar refractivity (Wildman–Crippen MR) is 107 cm³/mol. The molecule has 1 aromatic heterocycles. The molecule has 0 spiro atoms. The van der Waals surface area contributed by atoms with Crippen LogP contribution in [0.4, 0.5) is 5.69 Å². The second-order valence-corrected chi connectivity index (χ2v) is 10.5. The molecule has 142 valence electrons. The first-order chi connectivity index (χ1) is 12.2. The van der Waals surface area contributed by atoms with Crippen LogP contribution in [0.25, 0.3) is 10.4 Å². The number of para-hydroxylation sites is 1. The quantitative estimate of drug-likeness (QED) is 0.863. The minimum atomic E-state index is -3.53. The molecule has 7 heteroatoms. The fraction of sp³-hybridized carbons (Fsp3) is 0.474. The number of hydrogen-bond donors (Lipinski definition) is 1. The highest BCUT2D eigenvalue weighted by atomic mass is 32.2. The maximum Gasteiger partial charge on any atom is 0.252 e. The molecule has 0 radical (unpaired) electrons. The van der Waals surface area contributed by atoms with Gasteiger partial charge in [0.05, 0.1) is 5.60 Å². The van der Waals surface area contributed by atoms with Gasteiger partial charge in [0, 0.05) is 43.3 Å². The Morgan fingerprint density at radius 3 is 2.58 bits per heavy atom. The lowest BCUT2D eigenvalue weighted by Gasteiger charge is -2.21. The van der Waals surface area contributed by atoms with E-state index in [1.807, 2.05) is 49.3 Å².